The Labute approximate surface area is 195 Å². The van der Waals surface area contributed by atoms with Crippen LogP contribution in [0, 0.1) is 0 Å². The van der Waals surface area contributed by atoms with Crippen LogP contribution in [0.4, 0.5) is 0 Å². The first-order chi connectivity index (χ1) is 14.6. The standard InChI is InChI=1S/C20H26Cl2N4O2S2/c21-15-2-1-13(7-16(15)22)10-26-5-6-28-14(11-26)8-24-19(27)12-29-20-25-17-3-4-23-9-18(17)30-20/h1-2,7,14,17-18,23H,3-6,8-12H2,(H,24,27)/t14-,17?,18?/m0/s1. The van der Waals surface area contributed by atoms with Gasteiger partial charge in [0.2, 0.25) is 5.91 Å². The van der Waals surface area contributed by atoms with Gasteiger partial charge in [0.15, 0.2) is 0 Å². The van der Waals surface area contributed by atoms with Crippen LogP contribution in [0.1, 0.15) is 12.0 Å². The van der Waals surface area contributed by atoms with Gasteiger partial charge in [-0.25, -0.2) is 0 Å². The summed E-state index contributed by atoms with van der Waals surface area (Å²) in [4.78, 5) is 19.4. The zero-order chi connectivity index (χ0) is 20.9. The highest BCUT2D eigenvalue weighted by molar-refractivity contribution is 8.39. The summed E-state index contributed by atoms with van der Waals surface area (Å²) in [5, 5.41) is 8.09. The molecule has 10 heteroatoms. The Balaban J connectivity index is 1.17. The maximum absolute atomic E-state index is 12.3. The van der Waals surface area contributed by atoms with Crippen molar-refractivity contribution < 1.29 is 9.53 Å². The average molecular weight is 489 g/mol. The summed E-state index contributed by atoms with van der Waals surface area (Å²) in [7, 11) is 0. The fourth-order valence-corrected chi connectivity index (χ4v) is 6.52. The van der Waals surface area contributed by atoms with Crippen molar-refractivity contribution in [1.29, 1.82) is 0 Å². The topological polar surface area (TPSA) is 66.0 Å². The third-order valence-electron chi connectivity index (χ3n) is 5.38. The molecule has 0 aromatic heterocycles. The molecule has 1 aromatic carbocycles. The molecule has 0 aliphatic carbocycles. The number of morpholine rings is 1. The van der Waals surface area contributed by atoms with E-state index in [0.29, 0.717) is 40.2 Å². The van der Waals surface area contributed by atoms with Gasteiger partial charge in [0.25, 0.3) is 0 Å². The van der Waals surface area contributed by atoms with Gasteiger partial charge in [-0.05, 0) is 30.7 Å². The van der Waals surface area contributed by atoms with Crippen molar-refractivity contribution in [2.45, 2.75) is 30.4 Å². The number of thioether (sulfide) groups is 2. The van der Waals surface area contributed by atoms with Crippen LogP contribution in [0.15, 0.2) is 23.2 Å². The third kappa shape index (κ3) is 6.28. The van der Waals surface area contributed by atoms with Gasteiger partial charge in [0, 0.05) is 38.0 Å². The predicted molar refractivity (Wildman–Crippen MR) is 127 cm³/mol. The van der Waals surface area contributed by atoms with Crippen LogP contribution in [0.2, 0.25) is 10.0 Å². The number of nitrogens with zero attached hydrogens (tertiary/aromatic N) is 2. The number of aliphatic imine (C=N–C) groups is 1. The number of piperidine rings is 1. The smallest absolute Gasteiger partial charge is 0.230 e. The Kier molecular flexibility index (Phi) is 8.25. The Morgan fingerprint density at radius 2 is 2.30 bits per heavy atom. The van der Waals surface area contributed by atoms with Crippen LogP contribution in [0.3, 0.4) is 0 Å². The number of nitrogens with one attached hydrogen (secondary N) is 2. The maximum atomic E-state index is 12.3. The van der Waals surface area contributed by atoms with Gasteiger partial charge in [-0.15, -0.1) is 0 Å². The molecule has 2 saturated heterocycles. The lowest BCUT2D eigenvalue weighted by Crippen LogP contribution is -2.47. The molecule has 3 heterocycles. The van der Waals surface area contributed by atoms with Crippen LogP contribution >= 0.6 is 46.7 Å². The molecule has 0 saturated carbocycles. The largest absolute Gasteiger partial charge is 0.374 e. The number of rotatable bonds is 6. The fourth-order valence-electron chi connectivity index (χ4n) is 3.80. The molecule has 2 unspecified atom stereocenters. The third-order valence-corrected chi connectivity index (χ3v) is 8.61. The van der Waals surface area contributed by atoms with E-state index in [4.69, 9.17) is 32.9 Å². The molecule has 0 radical (unpaired) electrons. The van der Waals surface area contributed by atoms with E-state index >= 15 is 0 Å². The Hall–Kier alpha value is -0.480. The minimum Gasteiger partial charge on any atom is -0.374 e. The van der Waals surface area contributed by atoms with Gasteiger partial charge >= 0.3 is 0 Å². The van der Waals surface area contributed by atoms with E-state index < -0.39 is 0 Å². The molecule has 1 amide bonds. The van der Waals surface area contributed by atoms with Crippen molar-refractivity contribution in [3.8, 4) is 0 Å². The fraction of sp³-hybridized carbons (Fsp3) is 0.600. The zero-order valence-electron chi connectivity index (χ0n) is 16.6. The van der Waals surface area contributed by atoms with E-state index in [-0.39, 0.29) is 12.0 Å². The molecule has 6 nitrogen and oxygen atoms in total. The van der Waals surface area contributed by atoms with Gasteiger partial charge in [0.1, 0.15) is 4.38 Å². The first kappa shape index (κ1) is 22.7. The van der Waals surface area contributed by atoms with Crippen LogP contribution < -0.4 is 10.6 Å². The molecule has 3 atom stereocenters. The summed E-state index contributed by atoms with van der Waals surface area (Å²) in [6.45, 7) is 5.63. The van der Waals surface area contributed by atoms with E-state index in [1.54, 1.807) is 11.8 Å². The summed E-state index contributed by atoms with van der Waals surface area (Å²) < 4.78 is 6.88. The highest BCUT2D eigenvalue weighted by Crippen LogP contribution is 2.34. The summed E-state index contributed by atoms with van der Waals surface area (Å²) >= 11 is 15.5. The van der Waals surface area contributed by atoms with Crippen molar-refractivity contribution in [2.75, 3.05) is 45.1 Å². The lowest BCUT2D eigenvalue weighted by molar-refractivity contribution is -0.119. The number of halogens is 2. The molecular weight excluding hydrogens is 463 g/mol. The highest BCUT2D eigenvalue weighted by atomic mass is 35.5. The quantitative estimate of drug-likeness (QED) is 0.641. The first-order valence-electron chi connectivity index (χ1n) is 10.2. The van der Waals surface area contributed by atoms with Crippen LogP contribution in [0.25, 0.3) is 0 Å². The number of hydrogen-bond donors (Lipinski definition) is 2. The molecule has 4 rings (SSSR count). The summed E-state index contributed by atoms with van der Waals surface area (Å²) in [6.07, 6.45) is 1.08. The molecular formula is C20H26Cl2N4O2S2. The SMILES string of the molecule is O=C(CSC1=NC2CCNCC2S1)NC[C@H]1CN(Cc2ccc(Cl)c(Cl)c2)CCO1. The Bertz CT molecular complexity index is 798. The highest BCUT2D eigenvalue weighted by Gasteiger charge is 2.32. The molecule has 3 aliphatic heterocycles. The summed E-state index contributed by atoms with van der Waals surface area (Å²) in [5.41, 5.74) is 1.12. The Morgan fingerprint density at radius 3 is 3.13 bits per heavy atom. The van der Waals surface area contributed by atoms with E-state index in [1.165, 1.54) is 0 Å². The van der Waals surface area contributed by atoms with E-state index in [0.717, 1.165) is 49.1 Å². The Morgan fingerprint density at radius 1 is 1.40 bits per heavy atom. The number of fused-ring (bicyclic) bond motifs is 1. The lowest BCUT2D eigenvalue weighted by atomic mass is 10.1. The minimum atomic E-state index is -0.0115. The van der Waals surface area contributed by atoms with Gasteiger partial charge in [-0.2, -0.15) is 0 Å². The van der Waals surface area contributed by atoms with Gasteiger partial charge in [-0.3, -0.25) is 14.7 Å². The van der Waals surface area contributed by atoms with Crippen molar-refractivity contribution in [3.63, 3.8) is 0 Å². The van der Waals surface area contributed by atoms with Crippen LogP contribution in [0.5, 0.6) is 0 Å². The van der Waals surface area contributed by atoms with Crippen molar-refractivity contribution in [1.82, 2.24) is 15.5 Å². The molecule has 2 fully saturated rings. The molecule has 164 valence electrons. The second-order valence-electron chi connectivity index (χ2n) is 7.68. The summed E-state index contributed by atoms with van der Waals surface area (Å²) in [5.74, 6) is 0.430. The van der Waals surface area contributed by atoms with Crippen molar-refractivity contribution >= 4 is 57.0 Å². The molecule has 1 aromatic rings. The zero-order valence-corrected chi connectivity index (χ0v) is 19.8. The van der Waals surface area contributed by atoms with E-state index in [2.05, 4.69) is 15.5 Å². The molecule has 3 aliphatic rings. The van der Waals surface area contributed by atoms with E-state index in [9.17, 15) is 4.79 Å². The van der Waals surface area contributed by atoms with E-state index in [1.807, 2.05) is 30.0 Å². The van der Waals surface area contributed by atoms with Gasteiger partial charge in [0.05, 0.1) is 34.6 Å². The average Bonchev–Trinajstić information content (AvgIpc) is 3.17. The van der Waals surface area contributed by atoms with Crippen LogP contribution in [-0.4, -0.2) is 77.7 Å². The number of benzene rings is 1. The van der Waals surface area contributed by atoms with Gasteiger partial charge < -0.3 is 15.4 Å². The molecule has 2 N–H and O–H groups in total. The number of hydrogen-bond acceptors (Lipinski definition) is 7. The van der Waals surface area contributed by atoms with Gasteiger partial charge in [-0.1, -0.05) is 52.8 Å². The van der Waals surface area contributed by atoms with Crippen molar-refractivity contribution in [2.24, 2.45) is 4.99 Å². The molecule has 30 heavy (non-hydrogen) atoms. The normalized spacial score (nSPS) is 26.9. The maximum Gasteiger partial charge on any atom is 0.230 e. The minimum absolute atomic E-state index is 0.0115. The van der Waals surface area contributed by atoms with Crippen LogP contribution in [-0.2, 0) is 16.1 Å². The number of amides is 1. The number of carbonyl (C=O) groups excluding carboxylic acids is 1. The first-order valence-corrected chi connectivity index (χ1v) is 12.8. The summed E-state index contributed by atoms with van der Waals surface area (Å²) in [6, 6.07) is 6.14. The lowest BCUT2D eigenvalue weighted by Gasteiger charge is -2.33. The second kappa shape index (κ2) is 10.9. The monoisotopic (exact) mass is 488 g/mol. The number of carbonyl (C=O) groups is 1. The molecule has 0 bridgehead atoms. The molecule has 0 spiro atoms. The predicted octanol–water partition coefficient (Wildman–Crippen LogP) is 2.88. The van der Waals surface area contributed by atoms with Crippen molar-refractivity contribution in [3.05, 3.63) is 33.8 Å². The second-order valence-corrected chi connectivity index (χ2v) is 10.9. The number of ether oxygens (including phenoxy) is 1.